The third-order valence-electron chi connectivity index (χ3n) is 2.27. The van der Waals surface area contributed by atoms with E-state index in [1.54, 1.807) is 18.2 Å². The first-order valence-electron chi connectivity index (χ1n) is 4.70. The third-order valence-corrected chi connectivity index (χ3v) is 2.27. The van der Waals surface area contributed by atoms with Gasteiger partial charge in [0, 0.05) is 5.56 Å². The van der Waals surface area contributed by atoms with Gasteiger partial charge < -0.3 is 10.5 Å². The minimum Gasteiger partial charge on any atom is -0.465 e. The van der Waals surface area contributed by atoms with Crippen LogP contribution < -0.4 is 5.73 Å². The van der Waals surface area contributed by atoms with E-state index in [4.69, 9.17) is 10.5 Å². The summed E-state index contributed by atoms with van der Waals surface area (Å²) in [5.74, 6) is -0.399. The van der Waals surface area contributed by atoms with Crippen LogP contribution in [-0.2, 0) is 4.74 Å². The average molecular weight is 217 g/mol. The van der Waals surface area contributed by atoms with Crippen LogP contribution in [0.2, 0.25) is 0 Å². The number of esters is 1. The lowest BCUT2D eigenvalue weighted by molar-refractivity contribution is 0.0601. The summed E-state index contributed by atoms with van der Waals surface area (Å²) in [5.41, 5.74) is 8.00. The summed E-state index contributed by atoms with van der Waals surface area (Å²) >= 11 is 0. The number of aromatic amines is 1. The molecule has 1 aromatic heterocycles. The van der Waals surface area contributed by atoms with Crippen molar-refractivity contribution in [2.45, 2.75) is 0 Å². The highest BCUT2D eigenvalue weighted by atomic mass is 16.5. The van der Waals surface area contributed by atoms with E-state index in [2.05, 4.69) is 10.2 Å². The predicted octanol–water partition coefficient (Wildman–Crippen LogP) is 1.45. The number of nitrogens with one attached hydrogen (secondary N) is 1. The van der Waals surface area contributed by atoms with Gasteiger partial charge in [-0.3, -0.25) is 5.10 Å². The minimum atomic E-state index is -0.399. The number of nitrogens with zero attached hydrogens (tertiary/aromatic N) is 1. The SMILES string of the molecule is COC(=O)c1ccccc1-c1[nH]ncc1N. The van der Waals surface area contributed by atoms with Gasteiger partial charge in [-0.1, -0.05) is 18.2 Å². The predicted molar refractivity (Wildman–Crippen MR) is 59.8 cm³/mol. The van der Waals surface area contributed by atoms with E-state index >= 15 is 0 Å². The Hall–Kier alpha value is -2.30. The number of hydrogen-bond acceptors (Lipinski definition) is 4. The van der Waals surface area contributed by atoms with Gasteiger partial charge in [-0.25, -0.2) is 4.79 Å². The van der Waals surface area contributed by atoms with Crippen LogP contribution >= 0.6 is 0 Å². The number of hydrogen-bond donors (Lipinski definition) is 2. The van der Waals surface area contributed by atoms with Crippen LogP contribution in [0.25, 0.3) is 11.3 Å². The zero-order valence-electron chi connectivity index (χ0n) is 8.73. The summed E-state index contributed by atoms with van der Waals surface area (Å²) in [6.45, 7) is 0. The summed E-state index contributed by atoms with van der Waals surface area (Å²) in [7, 11) is 1.34. The molecular formula is C11H11N3O2. The van der Waals surface area contributed by atoms with E-state index in [-0.39, 0.29) is 0 Å². The molecule has 2 rings (SSSR count). The first kappa shape index (κ1) is 10.2. The number of nitrogens with two attached hydrogens (primary N) is 1. The molecule has 3 N–H and O–H groups in total. The van der Waals surface area contributed by atoms with Gasteiger partial charge in [0.1, 0.15) is 0 Å². The van der Waals surface area contributed by atoms with Crippen molar-refractivity contribution in [2.75, 3.05) is 12.8 Å². The molecule has 0 unspecified atom stereocenters. The number of methoxy groups -OCH3 is 1. The van der Waals surface area contributed by atoms with Crippen LogP contribution in [0, 0.1) is 0 Å². The topological polar surface area (TPSA) is 81.0 Å². The molecule has 0 radical (unpaired) electrons. The van der Waals surface area contributed by atoms with Crippen LogP contribution in [-0.4, -0.2) is 23.3 Å². The van der Waals surface area contributed by atoms with Crippen molar-refractivity contribution in [1.82, 2.24) is 10.2 Å². The highest BCUT2D eigenvalue weighted by Gasteiger charge is 2.15. The number of ether oxygens (including phenoxy) is 1. The number of rotatable bonds is 2. The van der Waals surface area contributed by atoms with Crippen molar-refractivity contribution >= 4 is 11.7 Å². The lowest BCUT2D eigenvalue weighted by atomic mass is 10.0. The molecule has 0 aliphatic heterocycles. The van der Waals surface area contributed by atoms with Crippen LogP contribution in [0.4, 0.5) is 5.69 Å². The number of benzene rings is 1. The number of anilines is 1. The molecule has 1 aromatic carbocycles. The molecular weight excluding hydrogens is 206 g/mol. The van der Waals surface area contributed by atoms with E-state index in [1.165, 1.54) is 13.3 Å². The van der Waals surface area contributed by atoms with Crippen molar-refractivity contribution in [3.63, 3.8) is 0 Å². The molecule has 5 nitrogen and oxygen atoms in total. The van der Waals surface area contributed by atoms with Crippen molar-refractivity contribution in [2.24, 2.45) is 0 Å². The third kappa shape index (κ3) is 1.63. The molecule has 16 heavy (non-hydrogen) atoms. The number of aromatic nitrogens is 2. The molecule has 2 aromatic rings. The normalized spacial score (nSPS) is 10.1. The van der Waals surface area contributed by atoms with Crippen molar-refractivity contribution in [3.8, 4) is 11.3 Å². The summed E-state index contributed by atoms with van der Waals surface area (Å²) in [5, 5.41) is 6.58. The molecule has 0 fully saturated rings. The van der Waals surface area contributed by atoms with Gasteiger partial charge in [-0.15, -0.1) is 0 Å². The Labute approximate surface area is 92.2 Å². The Kier molecular flexibility index (Phi) is 2.59. The second-order valence-electron chi connectivity index (χ2n) is 3.24. The van der Waals surface area contributed by atoms with Crippen molar-refractivity contribution in [1.29, 1.82) is 0 Å². The van der Waals surface area contributed by atoms with E-state index in [9.17, 15) is 4.79 Å². The fraction of sp³-hybridized carbons (Fsp3) is 0.0909. The fourth-order valence-electron chi connectivity index (χ4n) is 1.50. The molecule has 0 saturated heterocycles. The lowest BCUT2D eigenvalue weighted by Crippen LogP contribution is -2.04. The van der Waals surface area contributed by atoms with Crippen LogP contribution in [0.3, 0.4) is 0 Å². The minimum absolute atomic E-state index is 0.399. The second-order valence-corrected chi connectivity index (χ2v) is 3.24. The molecule has 0 aliphatic rings. The summed E-state index contributed by atoms with van der Waals surface area (Å²) in [4.78, 5) is 11.5. The number of carbonyl (C=O) groups is 1. The zero-order valence-corrected chi connectivity index (χ0v) is 8.73. The van der Waals surface area contributed by atoms with Gasteiger partial charge in [0.25, 0.3) is 0 Å². The summed E-state index contributed by atoms with van der Waals surface area (Å²) in [6, 6.07) is 7.06. The molecule has 0 spiro atoms. The van der Waals surface area contributed by atoms with Crippen LogP contribution in [0.1, 0.15) is 10.4 Å². The monoisotopic (exact) mass is 217 g/mol. The number of nitrogen functional groups attached to an aromatic ring is 1. The van der Waals surface area contributed by atoms with Gasteiger partial charge in [0.15, 0.2) is 0 Å². The first-order chi connectivity index (χ1) is 7.74. The maximum absolute atomic E-state index is 11.5. The second kappa shape index (κ2) is 4.06. The highest BCUT2D eigenvalue weighted by Crippen LogP contribution is 2.26. The van der Waals surface area contributed by atoms with Gasteiger partial charge in [-0.2, -0.15) is 5.10 Å². The Morgan fingerprint density at radius 3 is 2.81 bits per heavy atom. The molecule has 82 valence electrons. The van der Waals surface area contributed by atoms with Crippen molar-refractivity contribution < 1.29 is 9.53 Å². The summed E-state index contributed by atoms with van der Waals surface area (Å²) in [6.07, 6.45) is 1.50. The van der Waals surface area contributed by atoms with Gasteiger partial charge in [0.2, 0.25) is 0 Å². The van der Waals surface area contributed by atoms with E-state index < -0.39 is 5.97 Å². The first-order valence-corrected chi connectivity index (χ1v) is 4.70. The maximum Gasteiger partial charge on any atom is 0.338 e. The summed E-state index contributed by atoms with van der Waals surface area (Å²) < 4.78 is 4.70. The molecule has 0 amide bonds. The van der Waals surface area contributed by atoms with E-state index in [1.807, 2.05) is 6.07 Å². The molecule has 0 saturated carbocycles. The molecule has 0 bridgehead atoms. The van der Waals surface area contributed by atoms with Crippen LogP contribution in [0.15, 0.2) is 30.5 Å². The fourth-order valence-corrected chi connectivity index (χ4v) is 1.50. The Balaban J connectivity index is 2.57. The number of carbonyl (C=O) groups excluding carboxylic acids is 1. The van der Waals surface area contributed by atoms with E-state index in [0.717, 1.165) is 0 Å². The lowest BCUT2D eigenvalue weighted by Gasteiger charge is -2.06. The van der Waals surface area contributed by atoms with Gasteiger partial charge in [-0.05, 0) is 6.07 Å². The Bertz CT molecular complexity index is 519. The molecule has 5 heteroatoms. The quantitative estimate of drug-likeness (QED) is 0.746. The zero-order chi connectivity index (χ0) is 11.5. The molecule has 1 heterocycles. The standard InChI is InChI=1S/C11H11N3O2/c1-16-11(15)8-5-3-2-4-7(8)10-9(12)6-13-14-10/h2-6H,12H2,1H3,(H,13,14). The average Bonchev–Trinajstić information content (AvgIpc) is 2.74. The van der Waals surface area contributed by atoms with E-state index in [0.29, 0.717) is 22.5 Å². The molecule has 0 aliphatic carbocycles. The van der Waals surface area contributed by atoms with Gasteiger partial charge >= 0.3 is 5.97 Å². The Morgan fingerprint density at radius 1 is 1.44 bits per heavy atom. The van der Waals surface area contributed by atoms with Crippen LogP contribution in [0.5, 0.6) is 0 Å². The largest absolute Gasteiger partial charge is 0.465 e. The smallest absolute Gasteiger partial charge is 0.338 e. The Morgan fingerprint density at radius 2 is 2.19 bits per heavy atom. The molecule has 0 atom stereocenters. The van der Waals surface area contributed by atoms with Gasteiger partial charge in [0.05, 0.1) is 30.3 Å². The highest BCUT2D eigenvalue weighted by molar-refractivity contribution is 5.98. The maximum atomic E-state index is 11.5. The number of H-pyrrole nitrogens is 1. The van der Waals surface area contributed by atoms with Crippen molar-refractivity contribution in [3.05, 3.63) is 36.0 Å².